The van der Waals surface area contributed by atoms with Crippen LogP contribution in [0.1, 0.15) is 40.2 Å². The average Bonchev–Trinajstić information content (AvgIpc) is 3.47. The van der Waals surface area contributed by atoms with Crippen LogP contribution in [-0.4, -0.2) is 92.0 Å². The Morgan fingerprint density at radius 3 is 2.57 bits per heavy atom. The number of aliphatic hydroxyl groups is 1. The fraction of sp³-hybridized carbons (Fsp3) is 0.429. The molecule has 8 rings (SSSR count). The molecule has 0 aromatic carbocycles. The number of aliphatic hydroxyl groups excluding tert-OH is 1. The van der Waals surface area contributed by atoms with E-state index in [1.54, 1.807) is 41.3 Å². The van der Waals surface area contributed by atoms with Gasteiger partial charge in [0.15, 0.2) is 0 Å². The molecule has 0 radical (unpaired) electrons. The number of ether oxygens (including phenoxy) is 1. The van der Waals surface area contributed by atoms with Crippen LogP contribution < -0.4 is 15.5 Å². The predicted octanol–water partition coefficient (Wildman–Crippen LogP) is 2.74. The Morgan fingerprint density at radius 2 is 1.83 bits per heavy atom. The van der Waals surface area contributed by atoms with E-state index in [0.29, 0.717) is 40.9 Å². The molecule has 0 spiro atoms. The van der Waals surface area contributed by atoms with Crippen LogP contribution in [0.15, 0.2) is 59.9 Å². The topological polar surface area (TPSA) is 112 Å². The molecule has 244 valence electrons. The second kappa shape index (κ2) is 12.3. The molecule has 0 aliphatic carbocycles. The number of anilines is 3. The number of hydrogen-bond donors (Lipinski definition) is 1. The van der Waals surface area contributed by atoms with Crippen molar-refractivity contribution in [2.24, 2.45) is 7.05 Å². The molecule has 2 fully saturated rings. The lowest BCUT2D eigenvalue weighted by Gasteiger charge is -2.45. The monoisotopic (exact) mass is 636 g/mol. The Bertz CT molecular complexity index is 1860. The molecule has 0 saturated carbocycles. The van der Waals surface area contributed by atoms with Gasteiger partial charge in [0.2, 0.25) is 0 Å². The normalized spacial score (nSPS) is 18.9. The van der Waals surface area contributed by atoms with Crippen LogP contribution in [0.25, 0.3) is 11.1 Å². The van der Waals surface area contributed by atoms with Crippen molar-refractivity contribution in [3.05, 3.63) is 88.0 Å². The molecule has 4 aromatic rings. The maximum Gasteiger partial charge on any atom is 0.275 e. The van der Waals surface area contributed by atoms with E-state index in [9.17, 15) is 14.7 Å². The highest BCUT2D eigenvalue weighted by molar-refractivity contribution is 6.09. The molecule has 4 aromatic heterocycles. The zero-order valence-electron chi connectivity index (χ0n) is 26.7. The maximum absolute atomic E-state index is 13.9. The third-order valence-corrected chi connectivity index (χ3v) is 10.2. The molecule has 1 N–H and O–H groups in total. The van der Waals surface area contributed by atoms with Gasteiger partial charge in [-0.05, 0) is 43.5 Å². The number of carbonyl (C=O) groups is 1. The first kappa shape index (κ1) is 30.0. The second-order valence-electron chi connectivity index (χ2n) is 12.9. The lowest BCUT2D eigenvalue weighted by molar-refractivity contribution is -0.0769. The minimum absolute atomic E-state index is 0.0584. The summed E-state index contributed by atoms with van der Waals surface area (Å²) in [6, 6.07) is 10.1. The quantitative estimate of drug-likeness (QED) is 0.327. The number of carbonyl (C=O) groups excluding carboxylic acids is 1. The van der Waals surface area contributed by atoms with Gasteiger partial charge in [-0.3, -0.25) is 24.5 Å². The van der Waals surface area contributed by atoms with Gasteiger partial charge in [-0.1, -0.05) is 6.07 Å². The van der Waals surface area contributed by atoms with Gasteiger partial charge < -0.3 is 23.9 Å². The number of hydrogen-bond acceptors (Lipinski definition) is 9. The van der Waals surface area contributed by atoms with E-state index in [1.807, 2.05) is 29.3 Å². The minimum atomic E-state index is -0.287. The molecule has 4 aliphatic heterocycles. The molecule has 0 unspecified atom stereocenters. The lowest BCUT2D eigenvalue weighted by Crippen LogP contribution is -2.59. The Kier molecular flexibility index (Phi) is 7.88. The summed E-state index contributed by atoms with van der Waals surface area (Å²) < 4.78 is 9.32. The molecule has 0 atom stereocenters. The summed E-state index contributed by atoms with van der Waals surface area (Å²) in [5.41, 5.74) is 5.99. The summed E-state index contributed by atoms with van der Waals surface area (Å²) in [5, 5.41) is 14.9. The van der Waals surface area contributed by atoms with Crippen molar-refractivity contribution in [3.63, 3.8) is 0 Å². The zero-order valence-corrected chi connectivity index (χ0v) is 26.7. The molecule has 47 heavy (non-hydrogen) atoms. The Labute approximate surface area is 273 Å². The highest BCUT2D eigenvalue weighted by atomic mass is 16.5. The Morgan fingerprint density at radius 1 is 0.979 bits per heavy atom. The first-order chi connectivity index (χ1) is 23.0. The van der Waals surface area contributed by atoms with Gasteiger partial charge in [0.25, 0.3) is 11.5 Å². The number of amides is 1. The van der Waals surface area contributed by atoms with Gasteiger partial charge in [0.1, 0.15) is 11.5 Å². The largest absolute Gasteiger partial charge is 0.392 e. The van der Waals surface area contributed by atoms with E-state index >= 15 is 0 Å². The van der Waals surface area contributed by atoms with E-state index in [1.165, 1.54) is 5.69 Å². The maximum atomic E-state index is 13.9. The van der Waals surface area contributed by atoms with Gasteiger partial charge in [0.05, 0.1) is 43.3 Å². The Balaban J connectivity index is 1.17. The van der Waals surface area contributed by atoms with Gasteiger partial charge >= 0.3 is 0 Å². The van der Waals surface area contributed by atoms with Crippen molar-refractivity contribution in [3.8, 4) is 11.1 Å². The number of nitrogens with zero attached hydrogens (tertiary/aromatic N) is 8. The zero-order chi connectivity index (χ0) is 32.1. The van der Waals surface area contributed by atoms with Crippen LogP contribution in [0, 0.1) is 0 Å². The molecule has 12 heteroatoms. The Hall–Kier alpha value is -4.36. The van der Waals surface area contributed by atoms with E-state index in [0.717, 1.165) is 88.4 Å². The molecule has 0 bridgehead atoms. The number of rotatable bonds is 7. The fourth-order valence-electron chi connectivity index (χ4n) is 7.58. The van der Waals surface area contributed by atoms with Crippen molar-refractivity contribution in [2.45, 2.75) is 44.9 Å². The van der Waals surface area contributed by atoms with Crippen LogP contribution in [0.4, 0.5) is 17.2 Å². The molecule has 4 aliphatic rings. The number of piperazine rings is 1. The van der Waals surface area contributed by atoms with Crippen molar-refractivity contribution >= 4 is 23.1 Å². The van der Waals surface area contributed by atoms with Crippen molar-refractivity contribution < 1.29 is 14.6 Å². The van der Waals surface area contributed by atoms with E-state index in [-0.39, 0.29) is 18.1 Å². The second-order valence-corrected chi connectivity index (χ2v) is 12.9. The number of aryl methyl sites for hydroxylation is 2. The molecule has 12 nitrogen and oxygen atoms in total. The highest BCUT2D eigenvalue weighted by Gasteiger charge is 2.34. The average molecular weight is 637 g/mol. The first-order valence-electron chi connectivity index (χ1n) is 16.6. The highest BCUT2D eigenvalue weighted by Crippen LogP contribution is 2.36. The first-order valence-corrected chi connectivity index (χ1v) is 16.6. The van der Waals surface area contributed by atoms with Crippen LogP contribution in [0.2, 0.25) is 0 Å². The third-order valence-electron chi connectivity index (χ3n) is 10.2. The van der Waals surface area contributed by atoms with Crippen LogP contribution in [-0.2, 0) is 37.8 Å². The fourth-order valence-corrected chi connectivity index (χ4v) is 7.58. The summed E-state index contributed by atoms with van der Waals surface area (Å²) >= 11 is 0. The summed E-state index contributed by atoms with van der Waals surface area (Å²) in [4.78, 5) is 41.2. The molecular weight excluding hydrogens is 596 g/mol. The number of pyridine rings is 3. The number of hydrazine groups is 1. The van der Waals surface area contributed by atoms with Crippen molar-refractivity contribution in [1.82, 2.24) is 29.0 Å². The van der Waals surface area contributed by atoms with Gasteiger partial charge in [-0.15, -0.1) is 0 Å². The summed E-state index contributed by atoms with van der Waals surface area (Å²) in [6.07, 6.45) is 10.9. The van der Waals surface area contributed by atoms with Crippen LogP contribution in [0.3, 0.4) is 0 Å². The summed E-state index contributed by atoms with van der Waals surface area (Å²) in [6.45, 7) is 5.89. The minimum Gasteiger partial charge on any atom is -0.392 e. The standard InChI is InChI=1S/C35H40N8O4/c1-38-20-24(16-31(35(38)46)43(33-7-2-4-9-37-33)40-14-12-39(13-15-40)26-22-47-23-26)28-18-36-19-32(29(28)21-44)42-11-8-30-27(34(42)45)17-25-6-3-5-10-41(25)30/h2,4,7,9,16-20,26,44H,3,5-6,8,10-15,21-23H2,1H3. The van der Waals surface area contributed by atoms with E-state index < -0.39 is 0 Å². The number of aromatic nitrogens is 4. The van der Waals surface area contributed by atoms with Crippen molar-refractivity contribution in [2.75, 3.05) is 55.8 Å². The van der Waals surface area contributed by atoms with E-state index in [2.05, 4.69) is 30.5 Å². The third kappa shape index (κ3) is 5.25. The lowest BCUT2D eigenvalue weighted by atomic mass is 9.99. The van der Waals surface area contributed by atoms with Crippen LogP contribution in [0.5, 0.6) is 0 Å². The SMILES string of the molecule is Cn1cc(-c2cncc(N3CCc4c(cc5n4CCCC5)C3=O)c2CO)cc(N(c2ccccn2)N2CCN(C3COC3)CC2)c1=O. The smallest absolute Gasteiger partial charge is 0.275 e. The van der Waals surface area contributed by atoms with Gasteiger partial charge in [0, 0.05) is 99.4 Å². The van der Waals surface area contributed by atoms with Crippen molar-refractivity contribution in [1.29, 1.82) is 0 Å². The van der Waals surface area contributed by atoms with E-state index in [4.69, 9.17) is 4.74 Å². The van der Waals surface area contributed by atoms with Crippen LogP contribution >= 0.6 is 0 Å². The predicted molar refractivity (Wildman–Crippen MR) is 178 cm³/mol. The molecule has 2 saturated heterocycles. The summed E-state index contributed by atoms with van der Waals surface area (Å²) in [7, 11) is 1.74. The van der Waals surface area contributed by atoms with Gasteiger partial charge in [-0.2, -0.15) is 0 Å². The summed E-state index contributed by atoms with van der Waals surface area (Å²) in [5.74, 6) is 0.596. The molecule has 8 heterocycles. The molecular formula is C35H40N8O4. The van der Waals surface area contributed by atoms with Gasteiger partial charge in [-0.25, -0.2) is 9.99 Å². The molecule has 1 amide bonds. The number of fused-ring (bicyclic) bond motifs is 3.